The zero-order valence-corrected chi connectivity index (χ0v) is 11.9. The van der Waals surface area contributed by atoms with Gasteiger partial charge in [-0.1, -0.05) is 33.8 Å². The van der Waals surface area contributed by atoms with Gasteiger partial charge in [0.25, 0.3) is 0 Å². The molecule has 1 N–H and O–H groups in total. The third kappa shape index (κ3) is 3.72. The summed E-state index contributed by atoms with van der Waals surface area (Å²) in [6.45, 7) is 8.76. The highest BCUT2D eigenvalue weighted by atomic mass is 19.2. The van der Waals surface area contributed by atoms with Crippen LogP contribution >= 0.6 is 0 Å². The zero-order valence-electron chi connectivity index (χ0n) is 11.9. The lowest BCUT2D eigenvalue weighted by molar-refractivity contribution is 0.293. The maximum Gasteiger partial charge on any atom is 0.194 e. The first-order valence-electron chi connectivity index (χ1n) is 6.76. The molecule has 0 spiro atoms. The number of nitrogens with one attached hydrogen (secondary N) is 1. The molecule has 1 aromatic carbocycles. The molecule has 2 unspecified atom stereocenters. The largest absolute Gasteiger partial charge is 0.310 e. The van der Waals surface area contributed by atoms with Crippen molar-refractivity contribution in [3.8, 4) is 0 Å². The molecule has 1 aromatic rings. The van der Waals surface area contributed by atoms with E-state index < -0.39 is 17.5 Å². The van der Waals surface area contributed by atoms with Crippen molar-refractivity contribution in [1.29, 1.82) is 0 Å². The van der Waals surface area contributed by atoms with Crippen molar-refractivity contribution in [3.05, 3.63) is 35.1 Å². The third-order valence-corrected chi connectivity index (χ3v) is 3.59. The van der Waals surface area contributed by atoms with Crippen molar-refractivity contribution in [1.82, 2.24) is 5.32 Å². The molecule has 0 radical (unpaired) electrons. The van der Waals surface area contributed by atoms with Gasteiger partial charge in [0.2, 0.25) is 0 Å². The molecule has 0 saturated carbocycles. The average molecular weight is 273 g/mol. The van der Waals surface area contributed by atoms with Crippen LogP contribution in [0.15, 0.2) is 12.1 Å². The lowest BCUT2D eigenvalue weighted by Crippen LogP contribution is -2.31. The molecular formula is C15H22F3N. The molecule has 0 aliphatic carbocycles. The summed E-state index contributed by atoms with van der Waals surface area (Å²) in [5.74, 6) is -3.20. The van der Waals surface area contributed by atoms with Crippen molar-refractivity contribution in [2.45, 2.75) is 40.2 Å². The standard InChI is InChI=1S/C15H22F3N/c1-5-8-19-15(10(4)9(2)3)11-6-7-12(16)14(18)13(11)17/h6-7,9-10,15,19H,5,8H2,1-4H3. The third-order valence-electron chi connectivity index (χ3n) is 3.59. The summed E-state index contributed by atoms with van der Waals surface area (Å²) >= 11 is 0. The fraction of sp³-hybridized carbons (Fsp3) is 0.600. The Labute approximate surface area is 113 Å². The SMILES string of the molecule is CCCNC(c1ccc(F)c(F)c1F)C(C)C(C)C. The van der Waals surface area contributed by atoms with E-state index in [9.17, 15) is 13.2 Å². The van der Waals surface area contributed by atoms with E-state index in [1.807, 2.05) is 27.7 Å². The Morgan fingerprint density at radius 3 is 2.21 bits per heavy atom. The van der Waals surface area contributed by atoms with Gasteiger partial charge in [-0.3, -0.25) is 0 Å². The van der Waals surface area contributed by atoms with E-state index in [1.54, 1.807) is 0 Å². The summed E-state index contributed by atoms with van der Waals surface area (Å²) in [5.41, 5.74) is 0.202. The minimum atomic E-state index is -1.39. The first-order chi connectivity index (χ1) is 8.90. The molecule has 0 amide bonds. The second kappa shape index (κ2) is 6.94. The van der Waals surface area contributed by atoms with Gasteiger partial charge in [0.1, 0.15) is 0 Å². The molecule has 0 aliphatic rings. The molecular weight excluding hydrogens is 251 g/mol. The van der Waals surface area contributed by atoms with E-state index >= 15 is 0 Å². The second-order valence-electron chi connectivity index (χ2n) is 5.30. The van der Waals surface area contributed by atoms with Gasteiger partial charge >= 0.3 is 0 Å². The Kier molecular flexibility index (Phi) is 5.85. The molecule has 4 heteroatoms. The molecule has 2 atom stereocenters. The van der Waals surface area contributed by atoms with Crippen LogP contribution in [0.2, 0.25) is 0 Å². The van der Waals surface area contributed by atoms with Crippen molar-refractivity contribution < 1.29 is 13.2 Å². The van der Waals surface area contributed by atoms with Gasteiger partial charge < -0.3 is 5.32 Å². The Hall–Kier alpha value is -1.03. The van der Waals surface area contributed by atoms with Gasteiger partial charge in [-0.15, -0.1) is 0 Å². The normalized spacial score (nSPS) is 14.7. The number of hydrogen-bond donors (Lipinski definition) is 1. The zero-order chi connectivity index (χ0) is 14.6. The van der Waals surface area contributed by atoms with E-state index in [0.29, 0.717) is 12.5 Å². The van der Waals surface area contributed by atoms with Crippen LogP contribution in [-0.4, -0.2) is 6.54 Å². The molecule has 0 fully saturated rings. The van der Waals surface area contributed by atoms with Crippen LogP contribution in [0.1, 0.15) is 45.7 Å². The van der Waals surface area contributed by atoms with Crippen LogP contribution in [0, 0.1) is 29.3 Å². The fourth-order valence-electron chi connectivity index (χ4n) is 2.04. The van der Waals surface area contributed by atoms with E-state index in [-0.39, 0.29) is 17.5 Å². The molecule has 0 aromatic heterocycles. The molecule has 0 heterocycles. The highest BCUT2D eigenvalue weighted by Crippen LogP contribution is 2.30. The molecule has 19 heavy (non-hydrogen) atoms. The molecule has 0 aliphatic heterocycles. The van der Waals surface area contributed by atoms with Crippen LogP contribution in [0.25, 0.3) is 0 Å². The van der Waals surface area contributed by atoms with Crippen LogP contribution in [-0.2, 0) is 0 Å². The smallest absolute Gasteiger partial charge is 0.194 e. The fourth-order valence-corrected chi connectivity index (χ4v) is 2.04. The molecule has 1 nitrogen and oxygen atoms in total. The summed E-state index contributed by atoms with van der Waals surface area (Å²) < 4.78 is 40.3. The van der Waals surface area contributed by atoms with Crippen LogP contribution in [0.4, 0.5) is 13.2 Å². The first-order valence-corrected chi connectivity index (χ1v) is 6.76. The van der Waals surface area contributed by atoms with E-state index in [1.165, 1.54) is 6.07 Å². The molecule has 0 bridgehead atoms. The first kappa shape index (κ1) is 16.0. The Bertz CT molecular complexity index is 418. The van der Waals surface area contributed by atoms with Crippen LogP contribution < -0.4 is 5.32 Å². The minimum absolute atomic E-state index is 0.117. The summed E-state index contributed by atoms with van der Waals surface area (Å²) in [6.07, 6.45) is 0.895. The van der Waals surface area contributed by atoms with Gasteiger partial charge in [0.05, 0.1) is 0 Å². The van der Waals surface area contributed by atoms with E-state index in [4.69, 9.17) is 0 Å². The summed E-state index contributed by atoms with van der Waals surface area (Å²) in [4.78, 5) is 0. The van der Waals surface area contributed by atoms with E-state index in [2.05, 4.69) is 5.32 Å². The van der Waals surface area contributed by atoms with Gasteiger partial charge in [-0.05, 0) is 30.9 Å². The highest BCUT2D eigenvalue weighted by molar-refractivity contribution is 5.24. The number of hydrogen-bond acceptors (Lipinski definition) is 1. The van der Waals surface area contributed by atoms with Crippen LogP contribution in [0.3, 0.4) is 0 Å². The Balaban J connectivity index is 3.13. The van der Waals surface area contributed by atoms with Crippen molar-refractivity contribution in [3.63, 3.8) is 0 Å². The van der Waals surface area contributed by atoms with Gasteiger partial charge in [0.15, 0.2) is 17.5 Å². The second-order valence-corrected chi connectivity index (χ2v) is 5.30. The van der Waals surface area contributed by atoms with E-state index in [0.717, 1.165) is 12.5 Å². The highest BCUT2D eigenvalue weighted by Gasteiger charge is 2.26. The number of halogens is 3. The minimum Gasteiger partial charge on any atom is -0.310 e. The maximum absolute atomic E-state index is 13.9. The number of benzene rings is 1. The summed E-state index contributed by atoms with van der Waals surface area (Å²) in [6, 6.07) is 2.01. The van der Waals surface area contributed by atoms with Crippen LogP contribution in [0.5, 0.6) is 0 Å². The lowest BCUT2D eigenvalue weighted by Gasteiger charge is -2.29. The van der Waals surface area contributed by atoms with Crippen molar-refractivity contribution in [2.75, 3.05) is 6.54 Å². The van der Waals surface area contributed by atoms with Crippen molar-refractivity contribution in [2.24, 2.45) is 11.8 Å². The lowest BCUT2D eigenvalue weighted by atomic mass is 9.85. The molecule has 108 valence electrons. The maximum atomic E-state index is 13.9. The van der Waals surface area contributed by atoms with Gasteiger partial charge in [0, 0.05) is 11.6 Å². The number of rotatable bonds is 6. The van der Waals surface area contributed by atoms with Gasteiger partial charge in [-0.25, -0.2) is 13.2 Å². The topological polar surface area (TPSA) is 12.0 Å². The average Bonchev–Trinajstić information content (AvgIpc) is 2.38. The predicted molar refractivity (Wildman–Crippen MR) is 71.4 cm³/mol. The Morgan fingerprint density at radius 1 is 1.05 bits per heavy atom. The monoisotopic (exact) mass is 273 g/mol. The summed E-state index contributed by atoms with van der Waals surface area (Å²) in [7, 11) is 0. The quantitative estimate of drug-likeness (QED) is 0.756. The predicted octanol–water partition coefficient (Wildman–Crippen LogP) is 4.44. The van der Waals surface area contributed by atoms with Crippen molar-refractivity contribution >= 4 is 0 Å². The Morgan fingerprint density at radius 2 is 1.68 bits per heavy atom. The molecule has 0 saturated heterocycles. The molecule has 1 rings (SSSR count). The summed E-state index contributed by atoms with van der Waals surface area (Å²) in [5, 5.41) is 3.23. The van der Waals surface area contributed by atoms with Gasteiger partial charge in [-0.2, -0.15) is 0 Å².